The number of phenolic OH excluding ortho intramolecular Hbond substituents is 1. The van der Waals surface area contributed by atoms with Crippen molar-refractivity contribution in [3.8, 4) is 40.6 Å². The molecule has 0 radical (unpaired) electrons. The number of aromatic amines is 1. The number of rotatable bonds is 3. The Kier molecular flexibility index (Phi) is 8.22. The molecular formula is C42H43N5O9S. The second kappa shape index (κ2) is 12.9. The number of thioether (sulfide) groups is 1. The Morgan fingerprint density at radius 1 is 1.09 bits per heavy atom. The summed E-state index contributed by atoms with van der Waals surface area (Å²) in [5.41, 5.74) is 4.42. The highest BCUT2D eigenvalue weighted by molar-refractivity contribution is 7.99. The van der Waals surface area contributed by atoms with Gasteiger partial charge in [-0.2, -0.15) is 5.26 Å². The second-order valence-electron chi connectivity index (χ2n) is 15.8. The minimum atomic E-state index is -1.30. The zero-order valence-electron chi connectivity index (χ0n) is 32.3. The number of carbonyl (C=O) groups is 2. The molecule has 4 bridgehead atoms. The van der Waals surface area contributed by atoms with E-state index in [2.05, 4.69) is 26.6 Å². The maximum absolute atomic E-state index is 15.1. The summed E-state index contributed by atoms with van der Waals surface area (Å²) in [7, 11) is 3.18. The van der Waals surface area contributed by atoms with Crippen molar-refractivity contribution in [2.45, 2.75) is 74.5 Å². The lowest BCUT2D eigenvalue weighted by molar-refractivity contribution is -0.156. The highest BCUT2D eigenvalue weighted by atomic mass is 32.2. The quantitative estimate of drug-likeness (QED) is 0.164. The standard InChI is InChI=1S/C42H43N5O9S/c1-19-11-22-13-41(15-43)16-44-31(28(22)33(49)34(19)52-5)32-38-30-29(37-36(54-18-55-37)20(2)35(30)56-21(3)48)27(47(32)41)14-53-40(50)42(17-57-38)39-24(7-6-10-45-42)25-12-23(51-4)8-9-26(25)46-39/h8-9,11-12,27,31-32,38,44-46,49H,6-7,10,13-14,16-18H2,1-5H3/t27-,31+,32+,38+,41+,42+/m0/s1. The smallest absolute Gasteiger partial charge is 0.333 e. The molecule has 4 N–H and O–H groups in total. The average molecular weight is 794 g/mol. The van der Waals surface area contributed by atoms with Gasteiger partial charge < -0.3 is 43.8 Å². The third-order valence-corrected chi connectivity index (χ3v) is 14.4. The molecule has 0 aliphatic carbocycles. The Morgan fingerprint density at radius 2 is 1.91 bits per heavy atom. The van der Waals surface area contributed by atoms with Crippen molar-refractivity contribution in [1.82, 2.24) is 20.5 Å². The van der Waals surface area contributed by atoms with Crippen LogP contribution in [0.3, 0.4) is 0 Å². The number of aromatic hydroxyl groups is 1. The number of esters is 2. The molecule has 4 aromatic rings. The molecule has 2 fully saturated rings. The number of fused-ring (bicyclic) bond motifs is 8. The second-order valence-corrected chi connectivity index (χ2v) is 17.0. The molecule has 0 saturated carbocycles. The van der Waals surface area contributed by atoms with E-state index < -0.39 is 46.4 Å². The van der Waals surface area contributed by atoms with E-state index in [1.807, 2.05) is 38.1 Å². The highest BCUT2D eigenvalue weighted by Crippen LogP contribution is 2.64. The Morgan fingerprint density at radius 3 is 2.68 bits per heavy atom. The van der Waals surface area contributed by atoms with Gasteiger partial charge in [-0.25, -0.2) is 4.79 Å². The number of benzene rings is 3. The molecule has 3 aromatic carbocycles. The van der Waals surface area contributed by atoms with Crippen LogP contribution < -0.4 is 34.3 Å². The van der Waals surface area contributed by atoms with Crippen molar-refractivity contribution < 1.29 is 43.1 Å². The molecule has 14 nitrogen and oxygen atoms in total. The van der Waals surface area contributed by atoms with Crippen molar-refractivity contribution in [3.63, 3.8) is 0 Å². The minimum Gasteiger partial charge on any atom is -0.504 e. The van der Waals surface area contributed by atoms with Gasteiger partial charge in [0.05, 0.1) is 43.3 Å². The number of hydrogen-bond acceptors (Lipinski definition) is 14. The van der Waals surface area contributed by atoms with E-state index in [0.29, 0.717) is 51.8 Å². The van der Waals surface area contributed by atoms with Crippen LogP contribution >= 0.6 is 11.8 Å². The van der Waals surface area contributed by atoms with E-state index >= 15 is 4.79 Å². The first-order chi connectivity index (χ1) is 27.6. The minimum absolute atomic E-state index is 0.0207. The number of piperazine rings is 1. The molecule has 0 amide bonds. The van der Waals surface area contributed by atoms with Crippen LogP contribution in [0.5, 0.6) is 34.5 Å². The van der Waals surface area contributed by atoms with Crippen molar-refractivity contribution in [2.75, 3.05) is 46.5 Å². The molecule has 1 spiro atoms. The fourth-order valence-electron chi connectivity index (χ4n) is 10.6. The molecule has 1 unspecified atom stereocenters. The van der Waals surface area contributed by atoms with Gasteiger partial charge in [-0.05, 0) is 68.1 Å². The molecule has 7 atom stereocenters. The molecule has 1 aromatic heterocycles. The fourth-order valence-corrected chi connectivity index (χ4v) is 12.3. The number of nitrogens with zero attached hydrogens (tertiary/aromatic N) is 2. The molecule has 296 valence electrons. The van der Waals surface area contributed by atoms with Crippen LogP contribution in [0.15, 0.2) is 24.3 Å². The van der Waals surface area contributed by atoms with Crippen LogP contribution in [-0.4, -0.2) is 85.0 Å². The molecule has 15 heteroatoms. The number of nitrogens with one attached hydrogen (secondary N) is 3. The van der Waals surface area contributed by atoms with Gasteiger partial charge in [-0.15, -0.1) is 11.8 Å². The predicted molar refractivity (Wildman–Crippen MR) is 208 cm³/mol. The van der Waals surface area contributed by atoms with Crippen LogP contribution in [0, 0.1) is 25.2 Å². The van der Waals surface area contributed by atoms with Gasteiger partial charge >= 0.3 is 11.9 Å². The predicted octanol–water partition coefficient (Wildman–Crippen LogP) is 4.81. The number of ether oxygens (including phenoxy) is 6. The van der Waals surface area contributed by atoms with Gasteiger partial charge in [0, 0.05) is 64.8 Å². The van der Waals surface area contributed by atoms with Crippen LogP contribution in [0.2, 0.25) is 0 Å². The monoisotopic (exact) mass is 793 g/mol. The maximum atomic E-state index is 15.1. The molecular weight excluding hydrogens is 751 g/mol. The Labute approximate surface area is 333 Å². The number of aryl methyl sites for hydroxylation is 2. The molecule has 2 saturated heterocycles. The van der Waals surface area contributed by atoms with Gasteiger partial charge in [0.15, 0.2) is 28.5 Å². The summed E-state index contributed by atoms with van der Waals surface area (Å²) in [5, 5.41) is 31.2. The summed E-state index contributed by atoms with van der Waals surface area (Å²) < 4.78 is 36.4. The normalized spacial score (nSPS) is 29.3. The molecule has 12 rings (SSSR count). The first-order valence-electron chi connectivity index (χ1n) is 19.3. The Bertz CT molecular complexity index is 2460. The largest absolute Gasteiger partial charge is 0.504 e. The lowest BCUT2D eigenvalue weighted by Gasteiger charge is -2.58. The van der Waals surface area contributed by atoms with E-state index in [-0.39, 0.29) is 37.9 Å². The highest BCUT2D eigenvalue weighted by Gasteiger charge is 2.63. The number of H-pyrrole nitrogens is 1. The third kappa shape index (κ3) is 4.93. The Hall–Kier alpha value is -5.14. The van der Waals surface area contributed by atoms with Gasteiger partial charge in [-0.3, -0.25) is 15.0 Å². The fraction of sp³-hybridized carbons (Fsp3) is 0.452. The number of phenols is 1. The number of aromatic nitrogens is 1. The summed E-state index contributed by atoms with van der Waals surface area (Å²) in [6, 6.07) is 8.79. The van der Waals surface area contributed by atoms with Crippen molar-refractivity contribution >= 4 is 34.6 Å². The van der Waals surface area contributed by atoms with E-state index in [4.69, 9.17) is 28.4 Å². The van der Waals surface area contributed by atoms with Gasteiger partial charge in [0.1, 0.15) is 23.6 Å². The maximum Gasteiger partial charge on any atom is 0.333 e. The van der Waals surface area contributed by atoms with Gasteiger partial charge in [-0.1, -0.05) is 6.07 Å². The first kappa shape index (κ1) is 36.2. The van der Waals surface area contributed by atoms with E-state index in [9.17, 15) is 15.2 Å². The summed E-state index contributed by atoms with van der Waals surface area (Å²) in [6.07, 6.45) is 1.80. The van der Waals surface area contributed by atoms with Crippen LogP contribution in [0.1, 0.15) is 75.3 Å². The first-order valence-corrected chi connectivity index (χ1v) is 20.3. The van der Waals surface area contributed by atoms with Crippen LogP contribution in [0.4, 0.5) is 0 Å². The van der Waals surface area contributed by atoms with Crippen LogP contribution in [0.25, 0.3) is 10.9 Å². The number of carbonyl (C=O) groups excluding carboxylic acids is 2. The zero-order valence-corrected chi connectivity index (χ0v) is 33.1. The number of hydrogen-bond donors (Lipinski definition) is 4. The molecule has 57 heavy (non-hydrogen) atoms. The molecule has 8 aliphatic rings. The summed E-state index contributed by atoms with van der Waals surface area (Å²) in [5.74, 6) is 1.67. The number of nitriles is 1. The lowest BCUT2D eigenvalue weighted by atomic mass is 9.76. The zero-order chi connectivity index (χ0) is 39.5. The van der Waals surface area contributed by atoms with Gasteiger partial charge in [0.2, 0.25) is 6.79 Å². The van der Waals surface area contributed by atoms with Crippen molar-refractivity contribution in [3.05, 3.63) is 68.9 Å². The molecule has 9 heterocycles. The topological polar surface area (TPSA) is 177 Å². The SMILES string of the molecule is COc1ccc2[nH]c3c(c2c1)CCCN[C@]31CS[C@@H]2c3c(OC(C)=O)c(C)c4c(c3[C@H](COC1=O)N1[C@@H]2[C@@H]2NC[C@]1(C#N)Cc1cc(C)c(OC)c(O)c12)OCO4. The van der Waals surface area contributed by atoms with Crippen molar-refractivity contribution in [2.24, 2.45) is 0 Å². The number of methoxy groups -OCH3 is 2. The van der Waals surface area contributed by atoms with E-state index in [1.165, 1.54) is 25.8 Å². The Balaban J connectivity index is 1.25. The average Bonchev–Trinajstić information content (AvgIpc) is 3.71. The van der Waals surface area contributed by atoms with Crippen molar-refractivity contribution in [1.29, 1.82) is 5.26 Å². The summed E-state index contributed by atoms with van der Waals surface area (Å²) in [4.78, 5) is 33.9. The van der Waals surface area contributed by atoms with Gasteiger partial charge in [0.25, 0.3) is 0 Å². The molecule has 8 aliphatic heterocycles. The summed E-state index contributed by atoms with van der Waals surface area (Å²) >= 11 is 1.53. The lowest BCUT2D eigenvalue weighted by Crippen LogP contribution is -2.69. The third-order valence-electron chi connectivity index (χ3n) is 12.9. The van der Waals surface area contributed by atoms with E-state index in [0.717, 1.165) is 51.9 Å². The summed E-state index contributed by atoms with van der Waals surface area (Å²) in [6.45, 7) is 5.74. The van der Waals surface area contributed by atoms with Crippen LogP contribution in [-0.2, 0) is 32.7 Å². The van der Waals surface area contributed by atoms with E-state index in [1.54, 1.807) is 7.11 Å².